The van der Waals surface area contributed by atoms with Crippen LogP contribution in [0, 0.1) is 0 Å². The van der Waals surface area contributed by atoms with E-state index in [2.05, 4.69) is 4.98 Å². The highest BCUT2D eigenvalue weighted by molar-refractivity contribution is 5.93. The van der Waals surface area contributed by atoms with Gasteiger partial charge in [-0.15, -0.1) is 0 Å². The van der Waals surface area contributed by atoms with Crippen LogP contribution >= 0.6 is 0 Å². The summed E-state index contributed by atoms with van der Waals surface area (Å²) in [4.78, 5) is 26.5. The molecule has 0 N–H and O–H groups in total. The van der Waals surface area contributed by atoms with Gasteiger partial charge in [-0.1, -0.05) is 6.92 Å². The summed E-state index contributed by atoms with van der Waals surface area (Å²) in [7, 11) is 0. The van der Waals surface area contributed by atoms with Crippen LogP contribution in [-0.2, 0) is 14.3 Å². The molecule has 0 saturated heterocycles. The van der Waals surface area contributed by atoms with E-state index in [1.165, 1.54) is 12.4 Å². The van der Waals surface area contributed by atoms with Crippen LogP contribution in [0.1, 0.15) is 42.0 Å². The van der Waals surface area contributed by atoms with Crippen LogP contribution in [0.2, 0.25) is 0 Å². The minimum absolute atomic E-state index is 0.314. The molecule has 16 heavy (non-hydrogen) atoms. The Kier molecular flexibility index (Phi) is 2.85. The molecular weight excluding hydrogens is 210 g/mol. The highest BCUT2D eigenvalue weighted by Crippen LogP contribution is 2.30. The Morgan fingerprint density at radius 1 is 1.62 bits per heavy atom. The summed E-state index contributed by atoms with van der Waals surface area (Å²) in [6.45, 7) is 1.87. The van der Waals surface area contributed by atoms with Crippen LogP contribution < -0.4 is 0 Å². The maximum absolute atomic E-state index is 11.4. The number of hydrogen-bond donors (Lipinski definition) is 0. The topological polar surface area (TPSA) is 65.5 Å². The highest BCUT2D eigenvalue weighted by atomic mass is 16.7. The number of fused-ring (bicyclic) bond motifs is 1. The minimum atomic E-state index is -0.912. The van der Waals surface area contributed by atoms with E-state index in [0.29, 0.717) is 24.0 Å². The van der Waals surface area contributed by atoms with Gasteiger partial charge in [0.05, 0.1) is 11.1 Å². The summed E-state index contributed by atoms with van der Waals surface area (Å²) in [6.07, 6.45) is 3.04. The van der Waals surface area contributed by atoms with Crippen molar-refractivity contribution in [1.29, 1.82) is 0 Å². The van der Waals surface area contributed by atoms with E-state index in [1.807, 2.05) is 6.92 Å². The fourth-order valence-electron chi connectivity index (χ4n) is 1.48. The lowest BCUT2D eigenvalue weighted by Gasteiger charge is -2.11. The second kappa shape index (κ2) is 4.30. The number of ether oxygens (including phenoxy) is 2. The number of rotatable bonds is 3. The standard InChI is InChI=1S/C11H11NO4/c1-2-3-9(13)15-11-7-4-5-12-6-8(7)10(14)16-11/h4-6,11H,2-3H2,1H3. The lowest BCUT2D eigenvalue weighted by Crippen LogP contribution is -2.10. The number of aromatic nitrogens is 1. The van der Waals surface area contributed by atoms with Gasteiger partial charge in [0.15, 0.2) is 0 Å². The predicted molar refractivity (Wildman–Crippen MR) is 53.4 cm³/mol. The molecule has 0 amide bonds. The molecule has 0 aliphatic carbocycles. The molecule has 1 aliphatic rings. The molecule has 2 heterocycles. The Morgan fingerprint density at radius 3 is 3.19 bits per heavy atom. The molecule has 2 rings (SSSR count). The first kappa shape index (κ1) is 10.6. The Hall–Kier alpha value is -1.91. The highest BCUT2D eigenvalue weighted by Gasteiger charge is 2.33. The van der Waals surface area contributed by atoms with E-state index >= 15 is 0 Å². The predicted octanol–water partition coefficient (Wildman–Crippen LogP) is 1.59. The van der Waals surface area contributed by atoms with E-state index in [9.17, 15) is 9.59 Å². The largest absolute Gasteiger partial charge is 0.421 e. The lowest BCUT2D eigenvalue weighted by molar-refractivity contribution is -0.167. The molecule has 1 atom stereocenters. The number of carbonyl (C=O) groups is 2. The van der Waals surface area contributed by atoms with Crippen molar-refractivity contribution in [2.75, 3.05) is 0 Å². The third-order valence-electron chi connectivity index (χ3n) is 2.24. The number of pyridine rings is 1. The third kappa shape index (κ3) is 1.88. The number of nitrogens with zero attached hydrogens (tertiary/aromatic N) is 1. The molecule has 1 aromatic heterocycles. The quantitative estimate of drug-likeness (QED) is 0.725. The molecule has 0 spiro atoms. The number of hydrogen-bond acceptors (Lipinski definition) is 5. The summed E-state index contributed by atoms with van der Waals surface area (Å²) in [5, 5.41) is 0. The van der Waals surface area contributed by atoms with Gasteiger partial charge in [-0.2, -0.15) is 0 Å². The Balaban J connectivity index is 2.15. The number of carbonyl (C=O) groups excluding carboxylic acids is 2. The Morgan fingerprint density at radius 2 is 2.44 bits per heavy atom. The molecule has 1 aromatic rings. The number of cyclic esters (lactones) is 1. The van der Waals surface area contributed by atoms with E-state index in [4.69, 9.17) is 9.47 Å². The summed E-state index contributed by atoms with van der Waals surface area (Å²) in [6, 6.07) is 1.62. The molecule has 0 bridgehead atoms. The van der Waals surface area contributed by atoms with Crippen molar-refractivity contribution in [2.45, 2.75) is 26.1 Å². The molecule has 84 valence electrons. The van der Waals surface area contributed by atoms with Gasteiger partial charge in [-0.05, 0) is 12.5 Å². The summed E-state index contributed by atoms with van der Waals surface area (Å²) in [5.74, 6) is -0.873. The van der Waals surface area contributed by atoms with Crippen molar-refractivity contribution in [2.24, 2.45) is 0 Å². The van der Waals surface area contributed by atoms with Crippen LogP contribution in [0.4, 0.5) is 0 Å². The zero-order chi connectivity index (χ0) is 11.5. The lowest BCUT2D eigenvalue weighted by atomic mass is 10.2. The van der Waals surface area contributed by atoms with Crippen LogP contribution in [0.3, 0.4) is 0 Å². The molecule has 5 nitrogen and oxygen atoms in total. The van der Waals surface area contributed by atoms with Gasteiger partial charge < -0.3 is 9.47 Å². The summed E-state index contributed by atoms with van der Waals surface area (Å²) in [5.41, 5.74) is 0.918. The van der Waals surface area contributed by atoms with Crippen molar-refractivity contribution in [3.63, 3.8) is 0 Å². The Labute approximate surface area is 92.4 Å². The molecule has 1 aliphatic heterocycles. The van der Waals surface area contributed by atoms with Crippen molar-refractivity contribution in [1.82, 2.24) is 4.98 Å². The molecule has 1 unspecified atom stereocenters. The van der Waals surface area contributed by atoms with Crippen molar-refractivity contribution < 1.29 is 19.1 Å². The molecule has 0 radical (unpaired) electrons. The van der Waals surface area contributed by atoms with E-state index < -0.39 is 12.3 Å². The maximum Gasteiger partial charge on any atom is 0.343 e. The average Bonchev–Trinajstić information content (AvgIpc) is 2.57. The zero-order valence-electron chi connectivity index (χ0n) is 8.80. The third-order valence-corrected chi connectivity index (χ3v) is 2.24. The van der Waals surface area contributed by atoms with Gasteiger partial charge in [-0.3, -0.25) is 9.78 Å². The van der Waals surface area contributed by atoms with Crippen molar-refractivity contribution >= 4 is 11.9 Å². The Bertz CT molecular complexity index is 430. The van der Waals surface area contributed by atoms with Crippen LogP contribution in [0.5, 0.6) is 0 Å². The van der Waals surface area contributed by atoms with Gasteiger partial charge in [-0.25, -0.2) is 4.79 Å². The molecular formula is C11H11NO4. The van der Waals surface area contributed by atoms with Gasteiger partial charge >= 0.3 is 11.9 Å². The first-order valence-corrected chi connectivity index (χ1v) is 5.06. The molecule has 5 heteroatoms. The number of esters is 2. The molecule has 0 aromatic carbocycles. The summed E-state index contributed by atoms with van der Waals surface area (Å²) < 4.78 is 9.97. The maximum atomic E-state index is 11.4. The average molecular weight is 221 g/mol. The SMILES string of the molecule is CCCC(=O)OC1OC(=O)c2cnccc21. The van der Waals surface area contributed by atoms with E-state index in [-0.39, 0.29) is 5.97 Å². The van der Waals surface area contributed by atoms with E-state index in [1.54, 1.807) is 6.07 Å². The van der Waals surface area contributed by atoms with E-state index in [0.717, 1.165) is 0 Å². The second-order valence-corrected chi connectivity index (χ2v) is 3.44. The second-order valence-electron chi connectivity index (χ2n) is 3.44. The first-order chi connectivity index (χ1) is 7.72. The first-order valence-electron chi connectivity index (χ1n) is 5.06. The fourth-order valence-corrected chi connectivity index (χ4v) is 1.48. The van der Waals surface area contributed by atoms with Crippen LogP contribution in [-0.4, -0.2) is 16.9 Å². The van der Waals surface area contributed by atoms with Crippen molar-refractivity contribution in [3.05, 3.63) is 29.6 Å². The monoisotopic (exact) mass is 221 g/mol. The van der Waals surface area contributed by atoms with Crippen LogP contribution in [0.25, 0.3) is 0 Å². The van der Waals surface area contributed by atoms with Gasteiger partial charge in [0, 0.05) is 18.8 Å². The zero-order valence-corrected chi connectivity index (χ0v) is 8.80. The van der Waals surface area contributed by atoms with Gasteiger partial charge in [0.2, 0.25) is 0 Å². The van der Waals surface area contributed by atoms with Gasteiger partial charge in [0.25, 0.3) is 6.29 Å². The van der Waals surface area contributed by atoms with Gasteiger partial charge in [0.1, 0.15) is 0 Å². The fraction of sp³-hybridized carbons (Fsp3) is 0.364. The van der Waals surface area contributed by atoms with Crippen LogP contribution in [0.15, 0.2) is 18.5 Å². The molecule has 0 fully saturated rings. The summed E-state index contributed by atoms with van der Waals surface area (Å²) >= 11 is 0. The smallest absolute Gasteiger partial charge is 0.343 e. The molecule has 0 saturated carbocycles. The van der Waals surface area contributed by atoms with Crippen molar-refractivity contribution in [3.8, 4) is 0 Å². The minimum Gasteiger partial charge on any atom is -0.421 e. The normalized spacial score (nSPS) is 17.8.